The van der Waals surface area contributed by atoms with Crippen LogP contribution in [0, 0.1) is 0 Å². The molecule has 6 heteroatoms. The second-order valence-electron chi connectivity index (χ2n) is 4.86. The summed E-state index contributed by atoms with van der Waals surface area (Å²) in [4.78, 5) is 24.6. The standard InChI is InChI=1S/C14H20N4O2/c1-10(19)16-6-7-17-13(20)9-18-8-5-11-3-2-4-12(15)14(11)18/h2-4H,5-9,15H2,1H3,(H,16,19)(H,17,20). The highest BCUT2D eigenvalue weighted by molar-refractivity contribution is 5.85. The van der Waals surface area contributed by atoms with Gasteiger partial charge in [0, 0.05) is 26.6 Å². The third-order valence-corrected chi connectivity index (χ3v) is 3.27. The fraction of sp³-hybridized carbons (Fsp3) is 0.429. The number of anilines is 2. The number of para-hydroxylation sites is 1. The van der Waals surface area contributed by atoms with Gasteiger partial charge in [0.1, 0.15) is 0 Å². The summed E-state index contributed by atoms with van der Waals surface area (Å²) >= 11 is 0. The van der Waals surface area contributed by atoms with Crippen molar-refractivity contribution >= 4 is 23.2 Å². The summed E-state index contributed by atoms with van der Waals surface area (Å²) in [6.45, 7) is 3.43. The number of amides is 2. The Kier molecular flexibility index (Phi) is 4.45. The second kappa shape index (κ2) is 6.27. The lowest BCUT2D eigenvalue weighted by molar-refractivity contribution is -0.121. The van der Waals surface area contributed by atoms with Crippen LogP contribution in [-0.4, -0.2) is 38.0 Å². The smallest absolute Gasteiger partial charge is 0.239 e. The number of nitrogen functional groups attached to an aromatic ring is 1. The normalized spacial score (nSPS) is 12.9. The lowest BCUT2D eigenvalue weighted by Crippen LogP contribution is -2.40. The fourth-order valence-corrected chi connectivity index (χ4v) is 2.39. The fourth-order valence-electron chi connectivity index (χ4n) is 2.39. The predicted molar refractivity (Wildman–Crippen MR) is 78.5 cm³/mol. The van der Waals surface area contributed by atoms with Crippen LogP contribution in [0.5, 0.6) is 0 Å². The van der Waals surface area contributed by atoms with Gasteiger partial charge in [-0.05, 0) is 18.1 Å². The lowest BCUT2D eigenvalue weighted by Gasteiger charge is -2.20. The molecule has 1 aromatic carbocycles. The molecule has 1 aromatic rings. The van der Waals surface area contributed by atoms with Gasteiger partial charge in [-0.15, -0.1) is 0 Å². The molecule has 0 aliphatic carbocycles. The van der Waals surface area contributed by atoms with Crippen LogP contribution in [0.15, 0.2) is 18.2 Å². The zero-order valence-corrected chi connectivity index (χ0v) is 11.6. The van der Waals surface area contributed by atoms with Gasteiger partial charge < -0.3 is 21.3 Å². The summed E-state index contributed by atoms with van der Waals surface area (Å²) in [6, 6.07) is 5.83. The highest BCUT2D eigenvalue weighted by Gasteiger charge is 2.22. The largest absolute Gasteiger partial charge is 0.397 e. The number of nitrogens with one attached hydrogen (secondary N) is 2. The second-order valence-corrected chi connectivity index (χ2v) is 4.86. The van der Waals surface area contributed by atoms with Crippen molar-refractivity contribution in [3.8, 4) is 0 Å². The number of fused-ring (bicyclic) bond motifs is 1. The topological polar surface area (TPSA) is 87.5 Å². The number of nitrogens with zero attached hydrogens (tertiary/aromatic N) is 1. The van der Waals surface area contributed by atoms with Crippen molar-refractivity contribution in [1.82, 2.24) is 10.6 Å². The van der Waals surface area contributed by atoms with Crippen LogP contribution < -0.4 is 21.3 Å². The Balaban J connectivity index is 1.84. The minimum absolute atomic E-state index is 0.0635. The number of rotatable bonds is 5. The van der Waals surface area contributed by atoms with Crippen LogP contribution in [0.3, 0.4) is 0 Å². The highest BCUT2D eigenvalue weighted by atomic mass is 16.2. The summed E-state index contributed by atoms with van der Waals surface area (Å²) < 4.78 is 0. The molecular formula is C14H20N4O2. The van der Waals surface area contributed by atoms with E-state index < -0.39 is 0 Å². The Hall–Kier alpha value is -2.24. The molecule has 2 amide bonds. The molecule has 2 rings (SSSR count). The van der Waals surface area contributed by atoms with Crippen molar-refractivity contribution in [3.63, 3.8) is 0 Å². The SMILES string of the molecule is CC(=O)NCCNC(=O)CN1CCc2cccc(N)c21. The third-order valence-electron chi connectivity index (χ3n) is 3.27. The molecule has 0 atom stereocenters. The Morgan fingerprint density at radius 3 is 2.80 bits per heavy atom. The molecule has 0 bridgehead atoms. The van der Waals surface area contributed by atoms with Crippen molar-refractivity contribution < 1.29 is 9.59 Å². The maximum absolute atomic E-state index is 11.9. The Bertz CT molecular complexity index is 516. The average molecular weight is 276 g/mol. The van der Waals surface area contributed by atoms with E-state index in [9.17, 15) is 9.59 Å². The minimum atomic E-state index is -0.0968. The minimum Gasteiger partial charge on any atom is -0.397 e. The van der Waals surface area contributed by atoms with Crippen molar-refractivity contribution in [2.45, 2.75) is 13.3 Å². The zero-order valence-electron chi connectivity index (χ0n) is 11.6. The van der Waals surface area contributed by atoms with Crippen LogP contribution >= 0.6 is 0 Å². The molecular weight excluding hydrogens is 256 g/mol. The van der Waals surface area contributed by atoms with Crippen molar-refractivity contribution in [1.29, 1.82) is 0 Å². The van der Waals surface area contributed by atoms with E-state index in [1.165, 1.54) is 12.5 Å². The van der Waals surface area contributed by atoms with Gasteiger partial charge in [-0.2, -0.15) is 0 Å². The van der Waals surface area contributed by atoms with E-state index in [1.54, 1.807) is 0 Å². The summed E-state index contributed by atoms with van der Waals surface area (Å²) in [5.74, 6) is -0.160. The molecule has 0 spiro atoms. The highest BCUT2D eigenvalue weighted by Crippen LogP contribution is 2.33. The number of hydrogen-bond acceptors (Lipinski definition) is 4. The molecule has 0 radical (unpaired) electrons. The molecule has 1 aliphatic rings. The predicted octanol–water partition coefficient (Wildman–Crippen LogP) is -0.116. The van der Waals surface area contributed by atoms with E-state index in [2.05, 4.69) is 10.6 Å². The third kappa shape index (κ3) is 3.40. The Labute approximate surface area is 118 Å². The van der Waals surface area contributed by atoms with Gasteiger partial charge in [0.2, 0.25) is 11.8 Å². The number of nitrogens with two attached hydrogens (primary N) is 1. The summed E-state index contributed by atoms with van der Waals surface area (Å²) in [6.07, 6.45) is 0.916. The van der Waals surface area contributed by atoms with Gasteiger partial charge in [0.25, 0.3) is 0 Å². The first kappa shape index (κ1) is 14.2. The molecule has 108 valence electrons. The van der Waals surface area contributed by atoms with Gasteiger partial charge in [0.05, 0.1) is 17.9 Å². The summed E-state index contributed by atoms with van der Waals surface area (Å²) in [5, 5.41) is 5.41. The van der Waals surface area contributed by atoms with E-state index in [4.69, 9.17) is 5.73 Å². The van der Waals surface area contributed by atoms with Gasteiger partial charge in [0.15, 0.2) is 0 Å². The lowest BCUT2D eigenvalue weighted by atomic mass is 10.1. The molecule has 0 fully saturated rings. The van der Waals surface area contributed by atoms with E-state index >= 15 is 0 Å². The molecule has 0 saturated carbocycles. The monoisotopic (exact) mass is 276 g/mol. The maximum atomic E-state index is 11.9. The number of hydrogen-bond donors (Lipinski definition) is 3. The summed E-state index contributed by atoms with van der Waals surface area (Å²) in [5.41, 5.74) is 8.85. The van der Waals surface area contributed by atoms with Crippen LogP contribution in [0.25, 0.3) is 0 Å². The van der Waals surface area contributed by atoms with Crippen LogP contribution in [-0.2, 0) is 16.0 Å². The molecule has 4 N–H and O–H groups in total. The van der Waals surface area contributed by atoms with Gasteiger partial charge in [-0.3, -0.25) is 9.59 Å². The van der Waals surface area contributed by atoms with Crippen molar-refractivity contribution in [2.24, 2.45) is 0 Å². The van der Waals surface area contributed by atoms with E-state index in [-0.39, 0.29) is 11.8 Å². The molecule has 1 heterocycles. The van der Waals surface area contributed by atoms with E-state index in [1.807, 2.05) is 23.1 Å². The first-order valence-corrected chi connectivity index (χ1v) is 6.71. The molecule has 1 aliphatic heterocycles. The van der Waals surface area contributed by atoms with Gasteiger partial charge in [-0.25, -0.2) is 0 Å². The molecule has 20 heavy (non-hydrogen) atoms. The first-order valence-electron chi connectivity index (χ1n) is 6.71. The zero-order chi connectivity index (χ0) is 14.5. The number of carbonyl (C=O) groups excluding carboxylic acids is 2. The first-order chi connectivity index (χ1) is 9.58. The number of benzene rings is 1. The average Bonchev–Trinajstić information content (AvgIpc) is 2.79. The van der Waals surface area contributed by atoms with Crippen LogP contribution in [0.1, 0.15) is 12.5 Å². The van der Waals surface area contributed by atoms with Crippen molar-refractivity contribution in [2.75, 3.05) is 36.8 Å². The molecule has 6 nitrogen and oxygen atoms in total. The van der Waals surface area contributed by atoms with Gasteiger partial charge in [-0.1, -0.05) is 12.1 Å². The van der Waals surface area contributed by atoms with Crippen LogP contribution in [0.2, 0.25) is 0 Å². The van der Waals surface area contributed by atoms with Gasteiger partial charge >= 0.3 is 0 Å². The molecule has 0 saturated heterocycles. The van der Waals surface area contributed by atoms with Crippen molar-refractivity contribution in [3.05, 3.63) is 23.8 Å². The summed E-state index contributed by atoms with van der Waals surface area (Å²) in [7, 11) is 0. The quantitative estimate of drug-likeness (QED) is 0.517. The Morgan fingerprint density at radius 2 is 2.05 bits per heavy atom. The number of carbonyl (C=O) groups is 2. The van der Waals surface area contributed by atoms with Crippen LogP contribution in [0.4, 0.5) is 11.4 Å². The Morgan fingerprint density at radius 1 is 1.30 bits per heavy atom. The molecule has 0 unspecified atom stereocenters. The van der Waals surface area contributed by atoms with E-state index in [0.717, 1.165) is 18.7 Å². The van der Waals surface area contributed by atoms with E-state index in [0.29, 0.717) is 25.3 Å². The molecule has 0 aromatic heterocycles. The maximum Gasteiger partial charge on any atom is 0.239 e.